The Balaban J connectivity index is 4.76. The first-order valence-electron chi connectivity index (χ1n) is 5.71. The van der Waals surface area contributed by atoms with Crippen LogP contribution in [0.5, 0.6) is 0 Å². The van der Waals surface area contributed by atoms with Gasteiger partial charge in [0.2, 0.25) is 0 Å². The molecule has 0 aromatic rings. The molecule has 0 aromatic heterocycles. The summed E-state index contributed by atoms with van der Waals surface area (Å²) in [4.78, 5) is 0. The lowest BCUT2D eigenvalue weighted by atomic mass is 9.33. The van der Waals surface area contributed by atoms with Gasteiger partial charge in [0.15, 0.2) is 0 Å². The average molecular weight is 196 g/mol. The minimum Gasteiger partial charge on any atom is -0.101 e. The van der Waals surface area contributed by atoms with Crippen LogP contribution < -0.4 is 0 Å². The highest BCUT2D eigenvalue weighted by molar-refractivity contribution is 6.45. The minimum atomic E-state index is -0.869. The molecule has 0 aliphatic heterocycles. The zero-order valence-corrected chi connectivity index (χ0v) is 10.6. The standard InChI is InChI=1S/C11H20B4/c1-5-9(3,8-12)7-11(14,15)10(4,13)6-2/h5-8H2,1-4H3. The summed E-state index contributed by atoms with van der Waals surface area (Å²) in [6.07, 6.45) is 2.94. The molecule has 2 atom stereocenters. The maximum atomic E-state index is 6.14. The SMILES string of the molecule is [B]CC(C)(CC)CC([B])([B])C([B])(C)CC. The Morgan fingerprint density at radius 3 is 1.67 bits per heavy atom. The highest BCUT2D eigenvalue weighted by Gasteiger charge is 2.38. The van der Waals surface area contributed by atoms with Crippen molar-refractivity contribution in [1.29, 1.82) is 0 Å². The quantitative estimate of drug-likeness (QED) is 0.572. The summed E-state index contributed by atoms with van der Waals surface area (Å²) in [5, 5.41) is -1.43. The highest BCUT2D eigenvalue weighted by atomic mass is 14.3. The maximum absolute atomic E-state index is 6.14. The first kappa shape index (κ1) is 15.3. The van der Waals surface area contributed by atoms with Crippen LogP contribution in [0.25, 0.3) is 0 Å². The van der Waals surface area contributed by atoms with Gasteiger partial charge in [-0.15, -0.1) is 5.21 Å². The van der Waals surface area contributed by atoms with Crippen LogP contribution in [0.3, 0.4) is 0 Å². The van der Waals surface area contributed by atoms with Gasteiger partial charge in [0.05, 0.1) is 31.4 Å². The zero-order valence-electron chi connectivity index (χ0n) is 10.6. The van der Waals surface area contributed by atoms with E-state index in [0.29, 0.717) is 12.7 Å². The molecule has 0 heterocycles. The van der Waals surface area contributed by atoms with Gasteiger partial charge in [0, 0.05) is 0 Å². The van der Waals surface area contributed by atoms with Crippen LogP contribution in [0.4, 0.5) is 0 Å². The third-order valence-electron chi connectivity index (χ3n) is 3.86. The third-order valence-corrected chi connectivity index (χ3v) is 3.86. The summed E-state index contributed by atoms with van der Waals surface area (Å²) < 4.78 is 0. The van der Waals surface area contributed by atoms with E-state index in [0.717, 1.165) is 12.8 Å². The zero-order chi connectivity index (χ0) is 12.3. The topological polar surface area (TPSA) is 0 Å². The van der Waals surface area contributed by atoms with Crippen LogP contribution in [0.1, 0.15) is 47.0 Å². The highest BCUT2D eigenvalue weighted by Crippen LogP contribution is 2.54. The molecule has 0 N–H and O–H groups in total. The van der Waals surface area contributed by atoms with Crippen molar-refractivity contribution >= 4 is 31.4 Å². The third kappa shape index (κ3) is 3.64. The second-order valence-electron chi connectivity index (χ2n) is 5.36. The monoisotopic (exact) mass is 196 g/mol. The minimum absolute atomic E-state index is 0.0285. The van der Waals surface area contributed by atoms with E-state index in [-0.39, 0.29) is 5.41 Å². The molecule has 0 fully saturated rings. The maximum Gasteiger partial charge on any atom is 0.0729 e. The van der Waals surface area contributed by atoms with E-state index in [1.54, 1.807) is 0 Å². The van der Waals surface area contributed by atoms with Crippen LogP contribution in [0.15, 0.2) is 0 Å². The fraction of sp³-hybridized carbons (Fsp3) is 1.00. The number of rotatable bonds is 6. The van der Waals surface area contributed by atoms with Gasteiger partial charge < -0.3 is 0 Å². The molecule has 0 amide bonds. The summed E-state index contributed by atoms with van der Waals surface area (Å²) in [6.45, 7) is 8.11. The fourth-order valence-electron chi connectivity index (χ4n) is 1.58. The lowest BCUT2D eigenvalue weighted by Gasteiger charge is -2.48. The smallest absolute Gasteiger partial charge is 0.0729 e. The molecule has 0 saturated carbocycles. The first-order valence-corrected chi connectivity index (χ1v) is 5.71. The Morgan fingerprint density at radius 1 is 0.933 bits per heavy atom. The van der Waals surface area contributed by atoms with Gasteiger partial charge >= 0.3 is 0 Å². The Hall–Kier alpha value is 0.260. The van der Waals surface area contributed by atoms with Gasteiger partial charge in [-0.25, -0.2) is 0 Å². The molecule has 4 heteroatoms. The summed E-state index contributed by atoms with van der Waals surface area (Å²) in [5.41, 5.74) is -0.0285. The first-order chi connectivity index (χ1) is 6.64. The summed E-state index contributed by atoms with van der Waals surface area (Å²) in [6, 6.07) is 0. The van der Waals surface area contributed by atoms with Crippen molar-refractivity contribution in [3.8, 4) is 0 Å². The van der Waals surface area contributed by atoms with E-state index < -0.39 is 10.5 Å². The largest absolute Gasteiger partial charge is 0.101 e. The van der Waals surface area contributed by atoms with Crippen molar-refractivity contribution in [1.82, 2.24) is 0 Å². The van der Waals surface area contributed by atoms with Crippen LogP contribution in [-0.2, 0) is 0 Å². The Morgan fingerprint density at radius 2 is 1.40 bits per heavy atom. The molecule has 0 aliphatic carbocycles. The molecule has 0 saturated heterocycles. The summed E-state index contributed by atoms with van der Waals surface area (Å²) in [7, 11) is 24.2. The van der Waals surface area contributed by atoms with Crippen molar-refractivity contribution in [3.05, 3.63) is 0 Å². The van der Waals surface area contributed by atoms with Crippen molar-refractivity contribution < 1.29 is 0 Å². The van der Waals surface area contributed by atoms with Crippen LogP contribution >= 0.6 is 0 Å². The van der Waals surface area contributed by atoms with E-state index in [4.69, 9.17) is 31.4 Å². The molecule has 76 valence electrons. The van der Waals surface area contributed by atoms with Crippen molar-refractivity contribution in [2.45, 2.75) is 63.8 Å². The number of hydrogen-bond acceptors (Lipinski definition) is 0. The summed E-state index contributed by atoms with van der Waals surface area (Å²) in [5.74, 6) is 0. The molecule has 15 heavy (non-hydrogen) atoms. The van der Waals surface area contributed by atoms with Crippen molar-refractivity contribution in [2.75, 3.05) is 0 Å². The molecular formula is C11H20B4. The van der Waals surface area contributed by atoms with Crippen LogP contribution in [0.2, 0.25) is 16.8 Å². The molecule has 0 nitrogen and oxygen atoms in total. The second kappa shape index (κ2) is 5.06. The lowest BCUT2D eigenvalue weighted by molar-refractivity contribution is 0.275. The Labute approximate surface area is 101 Å². The van der Waals surface area contributed by atoms with Gasteiger partial charge in [-0.2, -0.15) is 0 Å². The average Bonchev–Trinajstić information content (AvgIpc) is 2.16. The van der Waals surface area contributed by atoms with E-state index in [1.165, 1.54) is 0 Å². The molecule has 0 aromatic carbocycles. The van der Waals surface area contributed by atoms with Gasteiger partial charge in [0.1, 0.15) is 0 Å². The predicted molar refractivity (Wildman–Crippen MR) is 72.2 cm³/mol. The van der Waals surface area contributed by atoms with E-state index in [1.807, 2.05) is 13.8 Å². The molecule has 2 unspecified atom stereocenters. The van der Waals surface area contributed by atoms with Gasteiger partial charge in [-0.05, 0) is 5.41 Å². The van der Waals surface area contributed by atoms with E-state index >= 15 is 0 Å². The molecule has 0 rings (SSSR count). The van der Waals surface area contributed by atoms with E-state index in [2.05, 4.69) is 13.8 Å². The molecule has 0 aliphatic rings. The lowest BCUT2D eigenvalue weighted by Crippen LogP contribution is -2.34. The number of hydrogen-bond donors (Lipinski definition) is 0. The van der Waals surface area contributed by atoms with Crippen LogP contribution in [0, 0.1) is 5.41 Å². The Bertz CT molecular complexity index is 195. The normalized spacial score (nSPS) is 20.5. The summed E-state index contributed by atoms with van der Waals surface area (Å²) >= 11 is 0. The predicted octanol–water partition coefficient (Wildman–Crippen LogP) is 2.59. The van der Waals surface area contributed by atoms with Gasteiger partial charge in [-0.3, -0.25) is 0 Å². The molecule has 8 radical (unpaired) electrons. The molecule has 0 spiro atoms. The van der Waals surface area contributed by atoms with Gasteiger partial charge in [-0.1, -0.05) is 58.6 Å². The molecular weight excluding hydrogens is 175 g/mol. The van der Waals surface area contributed by atoms with E-state index in [9.17, 15) is 0 Å². The van der Waals surface area contributed by atoms with Gasteiger partial charge in [0.25, 0.3) is 0 Å². The van der Waals surface area contributed by atoms with Crippen LogP contribution in [-0.4, -0.2) is 31.4 Å². The Kier molecular flexibility index (Phi) is 5.15. The van der Waals surface area contributed by atoms with Crippen molar-refractivity contribution in [2.24, 2.45) is 5.41 Å². The second-order valence-corrected chi connectivity index (χ2v) is 5.36. The molecule has 0 bridgehead atoms. The fourth-order valence-corrected chi connectivity index (χ4v) is 1.58. The van der Waals surface area contributed by atoms with Crippen molar-refractivity contribution in [3.63, 3.8) is 0 Å².